The van der Waals surface area contributed by atoms with Gasteiger partial charge in [0.2, 0.25) is 15.9 Å². The molecule has 1 saturated carbocycles. The first kappa shape index (κ1) is 21.2. The number of nitrogens with two attached hydrogens (primary N) is 1. The number of sulfonamides is 1. The molecule has 1 fully saturated rings. The molecule has 0 saturated heterocycles. The maximum absolute atomic E-state index is 13.8. The molecule has 0 aromatic heterocycles. The Labute approximate surface area is 151 Å². The van der Waals surface area contributed by atoms with Crippen molar-refractivity contribution in [2.24, 2.45) is 5.73 Å². The molecule has 1 aliphatic carbocycles. The van der Waals surface area contributed by atoms with E-state index in [1.54, 1.807) is 11.8 Å². The van der Waals surface area contributed by atoms with Crippen LogP contribution in [0.5, 0.6) is 0 Å². The van der Waals surface area contributed by atoms with Gasteiger partial charge < -0.3 is 11.1 Å². The van der Waals surface area contributed by atoms with Gasteiger partial charge >= 0.3 is 0 Å². The van der Waals surface area contributed by atoms with Crippen LogP contribution in [0.4, 0.5) is 10.1 Å². The normalized spacial score (nSPS) is 15.5. The van der Waals surface area contributed by atoms with Crippen LogP contribution in [0.1, 0.15) is 19.3 Å². The lowest BCUT2D eigenvalue weighted by atomic mass is 10.2. The Morgan fingerprint density at radius 3 is 2.71 bits per heavy atom. The summed E-state index contributed by atoms with van der Waals surface area (Å²) in [5.74, 6) is -0.546. The number of nitrogens with one attached hydrogen (secondary N) is 2. The maximum atomic E-state index is 13.8. The minimum Gasteiger partial charge on any atom is -0.325 e. The van der Waals surface area contributed by atoms with Gasteiger partial charge in [-0.25, -0.2) is 17.5 Å². The van der Waals surface area contributed by atoms with Gasteiger partial charge in [-0.05, 0) is 49.5 Å². The second-order valence-electron chi connectivity index (χ2n) is 5.42. The summed E-state index contributed by atoms with van der Waals surface area (Å²) in [6.45, 7) is 0. The first-order chi connectivity index (χ1) is 10.8. The van der Waals surface area contributed by atoms with Crippen LogP contribution in [0, 0.1) is 5.82 Å². The number of hydrogen-bond acceptors (Lipinski definition) is 5. The van der Waals surface area contributed by atoms with Crippen LogP contribution < -0.4 is 15.8 Å². The first-order valence-electron chi connectivity index (χ1n) is 7.21. The van der Waals surface area contributed by atoms with E-state index in [1.807, 2.05) is 6.26 Å². The third kappa shape index (κ3) is 5.89. The number of rotatable bonds is 8. The van der Waals surface area contributed by atoms with E-state index in [2.05, 4.69) is 10.0 Å². The zero-order valence-electron chi connectivity index (χ0n) is 13.1. The molecule has 0 unspecified atom stereocenters. The molecule has 0 radical (unpaired) electrons. The summed E-state index contributed by atoms with van der Waals surface area (Å²) in [6, 6.07) is 2.61. The second-order valence-corrected chi connectivity index (χ2v) is 8.09. The van der Waals surface area contributed by atoms with Gasteiger partial charge in [-0.15, -0.1) is 12.4 Å². The van der Waals surface area contributed by atoms with Crippen molar-refractivity contribution in [2.75, 3.05) is 17.3 Å². The van der Waals surface area contributed by atoms with Gasteiger partial charge in [-0.1, -0.05) is 0 Å². The molecule has 0 bridgehead atoms. The van der Waals surface area contributed by atoms with E-state index in [9.17, 15) is 17.6 Å². The van der Waals surface area contributed by atoms with Gasteiger partial charge in [0.1, 0.15) is 10.7 Å². The first-order valence-corrected chi connectivity index (χ1v) is 10.1. The van der Waals surface area contributed by atoms with Crippen molar-refractivity contribution in [3.8, 4) is 0 Å². The summed E-state index contributed by atoms with van der Waals surface area (Å²) < 4.78 is 40.5. The van der Waals surface area contributed by atoms with E-state index >= 15 is 0 Å². The maximum Gasteiger partial charge on any atom is 0.243 e. The fourth-order valence-electron chi connectivity index (χ4n) is 1.88. The van der Waals surface area contributed by atoms with E-state index in [-0.39, 0.29) is 24.1 Å². The molecule has 1 amide bonds. The number of halogens is 2. The number of anilines is 1. The highest BCUT2D eigenvalue weighted by Crippen LogP contribution is 2.25. The van der Waals surface area contributed by atoms with Gasteiger partial charge in [0.05, 0.1) is 6.04 Å². The summed E-state index contributed by atoms with van der Waals surface area (Å²) in [6.07, 6.45) is 3.92. The number of thioether (sulfide) groups is 1. The number of carbonyl (C=O) groups is 1. The zero-order chi connectivity index (χ0) is 17.0. The molecule has 10 heteroatoms. The fourth-order valence-corrected chi connectivity index (χ4v) is 3.78. The topological polar surface area (TPSA) is 101 Å². The molecule has 4 N–H and O–H groups in total. The lowest BCUT2D eigenvalue weighted by Gasteiger charge is -2.13. The lowest BCUT2D eigenvalue weighted by Crippen LogP contribution is -2.36. The average Bonchev–Trinajstić information content (AvgIpc) is 3.29. The molecule has 136 valence electrons. The molecule has 1 aromatic carbocycles. The van der Waals surface area contributed by atoms with Gasteiger partial charge in [0, 0.05) is 11.7 Å². The number of hydrogen-bond donors (Lipinski definition) is 3. The van der Waals surface area contributed by atoms with Crippen molar-refractivity contribution in [3.05, 3.63) is 24.0 Å². The number of benzene rings is 1. The Morgan fingerprint density at radius 1 is 1.46 bits per heavy atom. The van der Waals surface area contributed by atoms with E-state index in [0.29, 0.717) is 6.42 Å². The zero-order valence-corrected chi connectivity index (χ0v) is 15.6. The van der Waals surface area contributed by atoms with Gasteiger partial charge in [-0.3, -0.25) is 4.79 Å². The average molecular weight is 398 g/mol. The monoisotopic (exact) mass is 397 g/mol. The predicted octanol–water partition coefficient (Wildman–Crippen LogP) is 1.71. The van der Waals surface area contributed by atoms with E-state index in [1.165, 1.54) is 6.07 Å². The third-order valence-corrected chi connectivity index (χ3v) is 5.54. The fraction of sp³-hybridized carbons (Fsp3) is 0.500. The quantitative estimate of drug-likeness (QED) is 0.619. The van der Waals surface area contributed by atoms with Crippen molar-refractivity contribution in [3.63, 3.8) is 0 Å². The largest absolute Gasteiger partial charge is 0.325 e. The standard InChI is InChI=1S/C14H20FN3O3S2.ClH/c1-22-7-6-12(16)14(19)17-10-4-5-11(15)13(8-10)23(20,21)18-9-2-3-9;/h4-5,8-9,12,18H,2-3,6-7,16H2,1H3,(H,17,19);1H/t12-;/m0./s1. The highest BCUT2D eigenvalue weighted by atomic mass is 35.5. The SMILES string of the molecule is CSCC[C@H](N)C(=O)Nc1ccc(F)c(S(=O)(=O)NC2CC2)c1.Cl. The molecular formula is C14H21ClFN3O3S2. The van der Waals surface area contributed by atoms with E-state index in [0.717, 1.165) is 30.7 Å². The van der Waals surface area contributed by atoms with Crippen LogP contribution in [0.3, 0.4) is 0 Å². The van der Waals surface area contributed by atoms with Crippen molar-refractivity contribution in [1.82, 2.24) is 4.72 Å². The number of amides is 1. The highest BCUT2D eigenvalue weighted by Gasteiger charge is 2.30. The lowest BCUT2D eigenvalue weighted by molar-refractivity contribution is -0.117. The smallest absolute Gasteiger partial charge is 0.243 e. The summed E-state index contributed by atoms with van der Waals surface area (Å²) in [5, 5.41) is 2.53. The second kappa shape index (κ2) is 9.00. The van der Waals surface area contributed by atoms with Crippen LogP contribution in [-0.2, 0) is 14.8 Å². The molecule has 6 nitrogen and oxygen atoms in total. The highest BCUT2D eigenvalue weighted by molar-refractivity contribution is 7.98. The van der Waals surface area contributed by atoms with Gasteiger partial charge in [-0.2, -0.15) is 11.8 Å². The Balaban J connectivity index is 0.00000288. The summed E-state index contributed by atoms with van der Waals surface area (Å²) in [7, 11) is -3.93. The Bertz CT molecular complexity index is 684. The molecule has 0 aliphatic heterocycles. The molecule has 1 aliphatic rings. The Morgan fingerprint density at radius 2 is 2.12 bits per heavy atom. The summed E-state index contributed by atoms with van der Waals surface area (Å²) in [5.41, 5.74) is 5.95. The van der Waals surface area contributed by atoms with Gasteiger partial charge in [0.25, 0.3) is 0 Å². The van der Waals surface area contributed by atoms with Crippen molar-refractivity contribution in [2.45, 2.75) is 36.2 Å². The van der Waals surface area contributed by atoms with Crippen LogP contribution in [0.15, 0.2) is 23.1 Å². The van der Waals surface area contributed by atoms with Crippen molar-refractivity contribution < 1.29 is 17.6 Å². The minimum atomic E-state index is -3.93. The number of carbonyl (C=O) groups excluding carboxylic acids is 1. The molecule has 0 spiro atoms. The van der Waals surface area contributed by atoms with Crippen LogP contribution in [0.2, 0.25) is 0 Å². The molecular weight excluding hydrogens is 377 g/mol. The Hall–Kier alpha value is -0.870. The molecule has 1 aromatic rings. The van der Waals surface area contributed by atoms with E-state index < -0.39 is 32.7 Å². The molecule has 0 heterocycles. The van der Waals surface area contributed by atoms with Crippen LogP contribution in [0.25, 0.3) is 0 Å². The minimum absolute atomic E-state index is 0. The van der Waals surface area contributed by atoms with Crippen LogP contribution in [-0.4, -0.2) is 38.4 Å². The third-order valence-electron chi connectivity index (χ3n) is 3.36. The van der Waals surface area contributed by atoms with Crippen molar-refractivity contribution in [1.29, 1.82) is 0 Å². The van der Waals surface area contributed by atoms with Crippen molar-refractivity contribution >= 4 is 45.8 Å². The predicted molar refractivity (Wildman–Crippen MR) is 96.6 cm³/mol. The van der Waals surface area contributed by atoms with Gasteiger partial charge in [0.15, 0.2) is 0 Å². The summed E-state index contributed by atoms with van der Waals surface area (Å²) >= 11 is 1.58. The van der Waals surface area contributed by atoms with Crippen LogP contribution >= 0.6 is 24.2 Å². The molecule has 24 heavy (non-hydrogen) atoms. The Kier molecular flexibility index (Phi) is 7.94. The van der Waals surface area contributed by atoms with E-state index in [4.69, 9.17) is 5.73 Å². The molecule has 2 rings (SSSR count). The summed E-state index contributed by atoms with van der Waals surface area (Å²) in [4.78, 5) is 11.5. The molecule has 1 atom stereocenters.